The molecule has 1 fully saturated rings. The number of nitrogens with zero attached hydrogens (tertiary/aromatic N) is 3. The van der Waals surface area contributed by atoms with Gasteiger partial charge >= 0.3 is 0 Å². The Labute approximate surface area is 186 Å². The summed E-state index contributed by atoms with van der Waals surface area (Å²) in [6, 6.07) is 7.25. The number of rotatable bonds is 5. The van der Waals surface area contributed by atoms with Crippen molar-refractivity contribution in [2.45, 2.75) is 13.8 Å². The molecule has 0 saturated carbocycles. The van der Waals surface area contributed by atoms with E-state index in [1.165, 1.54) is 0 Å². The first-order valence-corrected chi connectivity index (χ1v) is 9.63. The van der Waals surface area contributed by atoms with Crippen LogP contribution in [0.1, 0.15) is 24.2 Å². The zero-order valence-corrected chi connectivity index (χ0v) is 19.6. The van der Waals surface area contributed by atoms with E-state index in [-0.39, 0.29) is 35.8 Å². The monoisotopic (exact) mass is 551 g/mol. The molecule has 1 saturated heterocycles. The molecule has 1 aromatic rings. The number of piperazine rings is 1. The van der Waals surface area contributed by atoms with E-state index in [2.05, 4.69) is 36.5 Å². The number of benzene rings is 1. The number of carbonyl (C=O) groups excluding carboxylic acids is 2. The molecule has 1 aliphatic rings. The molecule has 2 rings (SSSR count). The molecule has 1 aliphatic heterocycles. The van der Waals surface area contributed by atoms with Crippen LogP contribution in [0.2, 0.25) is 0 Å². The Hall–Kier alpha value is -1.36. The van der Waals surface area contributed by atoms with Crippen LogP contribution in [0.4, 0.5) is 0 Å². The summed E-state index contributed by atoms with van der Waals surface area (Å²) in [4.78, 5) is 32.1. The number of hydrogen-bond acceptors (Lipinski definition) is 3. The topological polar surface area (TPSA) is 77.0 Å². The largest absolute Gasteiger partial charge is 0.357 e. The number of halogens is 2. The van der Waals surface area contributed by atoms with E-state index in [1.54, 1.807) is 19.1 Å². The van der Waals surface area contributed by atoms with Gasteiger partial charge in [-0.3, -0.25) is 14.6 Å². The van der Waals surface area contributed by atoms with Crippen molar-refractivity contribution >= 4 is 57.7 Å². The minimum absolute atomic E-state index is 0. The fourth-order valence-electron chi connectivity index (χ4n) is 2.69. The summed E-state index contributed by atoms with van der Waals surface area (Å²) in [7, 11) is 0. The van der Waals surface area contributed by atoms with Gasteiger partial charge in [-0.1, -0.05) is 15.9 Å². The van der Waals surface area contributed by atoms with Crippen molar-refractivity contribution in [2.24, 2.45) is 4.99 Å². The Balaban J connectivity index is 0.00000364. The van der Waals surface area contributed by atoms with Crippen molar-refractivity contribution in [3.8, 4) is 0 Å². The SMILES string of the molecule is CCNC(=NCCNC(=O)c1ccc(Br)cc1)N1CCN(C(C)=O)CC1.I. The minimum atomic E-state index is -0.104. The Morgan fingerprint density at radius 1 is 1.07 bits per heavy atom. The van der Waals surface area contributed by atoms with Gasteiger partial charge in [0.2, 0.25) is 5.91 Å². The third-order valence-electron chi connectivity index (χ3n) is 4.12. The molecular formula is C18H27BrIN5O2. The van der Waals surface area contributed by atoms with Crippen LogP contribution in [0.5, 0.6) is 0 Å². The van der Waals surface area contributed by atoms with Crippen LogP contribution in [-0.2, 0) is 4.79 Å². The predicted octanol–water partition coefficient (Wildman–Crippen LogP) is 1.93. The maximum absolute atomic E-state index is 12.1. The highest BCUT2D eigenvalue weighted by atomic mass is 127. The molecule has 9 heteroatoms. The number of carbonyl (C=O) groups is 2. The van der Waals surface area contributed by atoms with Crippen molar-refractivity contribution < 1.29 is 9.59 Å². The van der Waals surface area contributed by atoms with Crippen molar-refractivity contribution in [1.29, 1.82) is 0 Å². The molecule has 0 spiro atoms. The second-order valence-electron chi connectivity index (χ2n) is 5.99. The smallest absolute Gasteiger partial charge is 0.251 e. The van der Waals surface area contributed by atoms with Crippen molar-refractivity contribution in [1.82, 2.24) is 20.4 Å². The number of aliphatic imine (C=N–C) groups is 1. The molecule has 0 atom stereocenters. The van der Waals surface area contributed by atoms with Crippen LogP contribution < -0.4 is 10.6 Å². The Kier molecular flexibility index (Phi) is 10.7. The molecule has 0 aromatic heterocycles. The lowest BCUT2D eigenvalue weighted by molar-refractivity contribution is -0.130. The number of hydrogen-bond donors (Lipinski definition) is 2. The lowest BCUT2D eigenvalue weighted by Gasteiger charge is -2.36. The average molecular weight is 552 g/mol. The predicted molar refractivity (Wildman–Crippen MR) is 122 cm³/mol. The highest BCUT2D eigenvalue weighted by Crippen LogP contribution is 2.10. The fourth-order valence-corrected chi connectivity index (χ4v) is 2.96. The van der Waals surface area contributed by atoms with Crippen molar-refractivity contribution in [3.63, 3.8) is 0 Å². The second-order valence-corrected chi connectivity index (χ2v) is 6.91. The van der Waals surface area contributed by atoms with Crippen molar-refractivity contribution in [3.05, 3.63) is 34.3 Å². The van der Waals surface area contributed by atoms with E-state index < -0.39 is 0 Å². The highest BCUT2D eigenvalue weighted by molar-refractivity contribution is 14.0. The standard InChI is InChI=1S/C18H26BrN5O2.HI/c1-3-20-18(24-12-10-23(11-13-24)14(2)25)22-9-8-21-17(26)15-4-6-16(19)7-5-15;/h4-7H,3,8-13H2,1-2H3,(H,20,22)(H,21,26);1H. The van der Waals surface area contributed by atoms with E-state index >= 15 is 0 Å². The first-order valence-electron chi connectivity index (χ1n) is 8.83. The fraction of sp³-hybridized carbons (Fsp3) is 0.500. The van der Waals surface area contributed by atoms with Gasteiger partial charge in [0.15, 0.2) is 5.96 Å². The molecule has 1 aromatic carbocycles. The van der Waals surface area contributed by atoms with E-state index in [0.717, 1.165) is 30.1 Å². The number of amides is 2. The van der Waals surface area contributed by atoms with E-state index in [0.29, 0.717) is 31.7 Å². The molecule has 1 heterocycles. The summed E-state index contributed by atoms with van der Waals surface area (Å²) >= 11 is 3.36. The maximum Gasteiger partial charge on any atom is 0.251 e. The first kappa shape index (κ1) is 23.7. The van der Waals surface area contributed by atoms with Gasteiger partial charge in [-0.25, -0.2) is 0 Å². The molecule has 27 heavy (non-hydrogen) atoms. The summed E-state index contributed by atoms with van der Waals surface area (Å²) in [6.45, 7) is 8.30. The van der Waals surface area contributed by atoms with Gasteiger partial charge in [0.05, 0.1) is 6.54 Å². The van der Waals surface area contributed by atoms with Gasteiger partial charge in [0.1, 0.15) is 0 Å². The molecule has 0 bridgehead atoms. The summed E-state index contributed by atoms with van der Waals surface area (Å²) in [5.74, 6) is 0.837. The van der Waals surface area contributed by atoms with Crippen LogP contribution in [0.15, 0.2) is 33.7 Å². The minimum Gasteiger partial charge on any atom is -0.357 e. The van der Waals surface area contributed by atoms with Crippen LogP contribution in [0, 0.1) is 0 Å². The van der Waals surface area contributed by atoms with Crippen LogP contribution in [-0.4, -0.2) is 73.4 Å². The van der Waals surface area contributed by atoms with E-state index in [9.17, 15) is 9.59 Å². The van der Waals surface area contributed by atoms with Gasteiger partial charge in [0, 0.05) is 56.2 Å². The Morgan fingerprint density at radius 2 is 1.67 bits per heavy atom. The molecule has 2 amide bonds. The molecule has 2 N–H and O–H groups in total. The highest BCUT2D eigenvalue weighted by Gasteiger charge is 2.20. The van der Waals surface area contributed by atoms with Gasteiger partial charge in [-0.15, -0.1) is 24.0 Å². The van der Waals surface area contributed by atoms with E-state index in [4.69, 9.17) is 0 Å². The maximum atomic E-state index is 12.1. The third-order valence-corrected chi connectivity index (χ3v) is 4.65. The van der Waals surface area contributed by atoms with Crippen molar-refractivity contribution in [2.75, 3.05) is 45.8 Å². The second kappa shape index (κ2) is 12.2. The lowest BCUT2D eigenvalue weighted by atomic mass is 10.2. The number of guanidine groups is 1. The van der Waals surface area contributed by atoms with E-state index in [1.807, 2.05) is 24.0 Å². The van der Waals surface area contributed by atoms with Crippen LogP contribution in [0.25, 0.3) is 0 Å². The first-order chi connectivity index (χ1) is 12.5. The Bertz CT molecular complexity index is 646. The van der Waals surface area contributed by atoms with Crippen LogP contribution >= 0.6 is 39.9 Å². The molecule has 7 nitrogen and oxygen atoms in total. The van der Waals surface area contributed by atoms with Gasteiger partial charge in [-0.05, 0) is 31.2 Å². The molecule has 0 unspecified atom stereocenters. The number of nitrogens with one attached hydrogen (secondary N) is 2. The third kappa shape index (κ3) is 7.65. The van der Waals surface area contributed by atoms with Gasteiger partial charge < -0.3 is 20.4 Å². The summed E-state index contributed by atoms with van der Waals surface area (Å²) in [5.41, 5.74) is 0.629. The molecule has 150 valence electrons. The summed E-state index contributed by atoms with van der Waals surface area (Å²) < 4.78 is 0.943. The molecular weight excluding hydrogens is 525 g/mol. The zero-order valence-electron chi connectivity index (χ0n) is 15.7. The normalized spacial score (nSPS) is 14.4. The van der Waals surface area contributed by atoms with Gasteiger partial charge in [0.25, 0.3) is 5.91 Å². The van der Waals surface area contributed by atoms with Crippen LogP contribution in [0.3, 0.4) is 0 Å². The summed E-state index contributed by atoms with van der Waals surface area (Å²) in [6.07, 6.45) is 0. The van der Waals surface area contributed by atoms with Gasteiger partial charge in [-0.2, -0.15) is 0 Å². The average Bonchev–Trinajstić information content (AvgIpc) is 2.64. The molecule has 0 aliphatic carbocycles. The Morgan fingerprint density at radius 3 is 2.22 bits per heavy atom. The molecule has 0 radical (unpaired) electrons. The zero-order chi connectivity index (χ0) is 18.9. The summed E-state index contributed by atoms with van der Waals surface area (Å²) in [5, 5.41) is 6.16. The lowest BCUT2D eigenvalue weighted by Crippen LogP contribution is -2.53. The quantitative estimate of drug-likeness (QED) is 0.254.